The fourth-order valence-corrected chi connectivity index (χ4v) is 2.00. The maximum absolute atomic E-state index is 11.7. The second kappa shape index (κ2) is 6.07. The Labute approximate surface area is 98.5 Å². The molecule has 2 amide bonds. The van der Waals surface area contributed by atoms with Crippen molar-refractivity contribution in [3.8, 4) is 0 Å². The van der Waals surface area contributed by atoms with E-state index in [4.69, 9.17) is 5.11 Å². The standard InChI is InChI=1S/C10H16N2O5/c1-17-10(16)12-11-8(13)6-4-2-3-5-7(6)9(14)15/h6-7H,2-5H2,1H3,(H,11,13)(H,12,16)(H,14,15). The van der Waals surface area contributed by atoms with Crippen molar-refractivity contribution in [1.29, 1.82) is 0 Å². The Kier molecular flexibility index (Phi) is 4.74. The fraction of sp³-hybridized carbons (Fsp3) is 0.700. The number of amides is 2. The first kappa shape index (κ1) is 13.3. The van der Waals surface area contributed by atoms with Crippen LogP contribution >= 0.6 is 0 Å². The summed E-state index contributed by atoms with van der Waals surface area (Å²) in [7, 11) is 1.17. The number of hydrogen-bond donors (Lipinski definition) is 3. The van der Waals surface area contributed by atoms with E-state index in [0.717, 1.165) is 12.8 Å². The molecule has 17 heavy (non-hydrogen) atoms. The largest absolute Gasteiger partial charge is 0.481 e. The Balaban J connectivity index is 2.53. The van der Waals surface area contributed by atoms with E-state index in [9.17, 15) is 14.4 Å². The lowest BCUT2D eigenvalue weighted by Crippen LogP contribution is -2.47. The number of carbonyl (C=O) groups excluding carboxylic acids is 2. The number of rotatable bonds is 2. The van der Waals surface area contributed by atoms with Gasteiger partial charge >= 0.3 is 12.1 Å². The smallest absolute Gasteiger partial charge is 0.425 e. The predicted octanol–water partition coefficient (Wildman–Crippen LogP) is 0.265. The molecule has 1 saturated carbocycles. The summed E-state index contributed by atoms with van der Waals surface area (Å²) in [5.74, 6) is -2.73. The third-order valence-corrected chi connectivity index (χ3v) is 2.89. The van der Waals surface area contributed by atoms with Crippen LogP contribution in [0.15, 0.2) is 0 Å². The molecule has 3 N–H and O–H groups in total. The quantitative estimate of drug-likeness (QED) is 0.604. The van der Waals surface area contributed by atoms with Crippen molar-refractivity contribution in [2.45, 2.75) is 25.7 Å². The van der Waals surface area contributed by atoms with E-state index in [-0.39, 0.29) is 0 Å². The molecule has 2 unspecified atom stereocenters. The van der Waals surface area contributed by atoms with Crippen LogP contribution in [0.3, 0.4) is 0 Å². The van der Waals surface area contributed by atoms with Crippen LogP contribution in [0.25, 0.3) is 0 Å². The van der Waals surface area contributed by atoms with Crippen LogP contribution in [-0.4, -0.2) is 30.2 Å². The number of methoxy groups -OCH3 is 1. The van der Waals surface area contributed by atoms with Crippen molar-refractivity contribution >= 4 is 18.0 Å². The van der Waals surface area contributed by atoms with Gasteiger partial charge in [0.1, 0.15) is 0 Å². The number of hydrazine groups is 1. The Hall–Kier alpha value is -1.79. The molecule has 7 nitrogen and oxygen atoms in total. The molecule has 0 heterocycles. The second-order valence-electron chi connectivity index (χ2n) is 3.94. The molecule has 96 valence electrons. The molecule has 1 fully saturated rings. The highest BCUT2D eigenvalue weighted by molar-refractivity contribution is 5.86. The SMILES string of the molecule is COC(=O)NNC(=O)C1CCCCC1C(=O)O. The van der Waals surface area contributed by atoms with Gasteiger partial charge in [0.15, 0.2) is 0 Å². The van der Waals surface area contributed by atoms with Gasteiger partial charge in [-0.15, -0.1) is 0 Å². The van der Waals surface area contributed by atoms with Crippen LogP contribution < -0.4 is 10.9 Å². The predicted molar refractivity (Wildman–Crippen MR) is 56.8 cm³/mol. The van der Waals surface area contributed by atoms with Gasteiger partial charge in [0, 0.05) is 0 Å². The molecule has 0 spiro atoms. The van der Waals surface area contributed by atoms with E-state index in [1.165, 1.54) is 7.11 Å². The van der Waals surface area contributed by atoms with Gasteiger partial charge in [-0.1, -0.05) is 12.8 Å². The lowest BCUT2D eigenvalue weighted by molar-refractivity contribution is -0.149. The van der Waals surface area contributed by atoms with Crippen LogP contribution in [-0.2, 0) is 14.3 Å². The van der Waals surface area contributed by atoms with Gasteiger partial charge in [-0.25, -0.2) is 10.2 Å². The Bertz CT molecular complexity index is 318. The van der Waals surface area contributed by atoms with Gasteiger partial charge in [0.2, 0.25) is 5.91 Å². The van der Waals surface area contributed by atoms with E-state index in [2.05, 4.69) is 10.2 Å². The molecule has 0 aromatic carbocycles. The monoisotopic (exact) mass is 244 g/mol. The minimum atomic E-state index is -0.970. The average Bonchev–Trinajstić information content (AvgIpc) is 2.35. The van der Waals surface area contributed by atoms with Crippen LogP contribution in [0.5, 0.6) is 0 Å². The summed E-state index contributed by atoms with van der Waals surface area (Å²) in [6, 6.07) is 0. The van der Waals surface area contributed by atoms with Crippen molar-refractivity contribution < 1.29 is 24.2 Å². The molecule has 0 radical (unpaired) electrons. The molecule has 0 aromatic rings. The first-order valence-electron chi connectivity index (χ1n) is 5.43. The Morgan fingerprint density at radius 3 is 2.24 bits per heavy atom. The summed E-state index contributed by atoms with van der Waals surface area (Å²) in [5.41, 5.74) is 4.20. The summed E-state index contributed by atoms with van der Waals surface area (Å²) < 4.78 is 4.28. The minimum Gasteiger partial charge on any atom is -0.481 e. The topological polar surface area (TPSA) is 105 Å². The molecule has 2 atom stereocenters. The highest BCUT2D eigenvalue weighted by Crippen LogP contribution is 2.30. The van der Waals surface area contributed by atoms with E-state index in [0.29, 0.717) is 12.8 Å². The first-order chi connectivity index (χ1) is 8.06. The van der Waals surface area contributed by atoms with Gasteiger partial charge in [-0.2, -0.15) is 0 Å². The Morgan fingerprint density at radius 2 is 1.71 bits per heavy atom. The zero-order valence-corrected chi connectivity index (χ0v) is 9.56. The molecular formula is C10H16N2O5. The summed E-state index contributed by atoms with van der Waals surface area (Å²) in [5, 5.41) is 8.99. The van der Waals surface area contributed by atoms with Crippen molar-refractivity contribution in [2.75, 3.05) is 7.11 Å². The molecule has 7 heteroatoms. The third-order valence-electron chi connectivity index (χ3n) is 2.89. The van der Waals surface area contributed by atoms with Gasteiger partial charge in [0.05, 0.1) is 18.9 Å². The molecule has 0 aliphatic heterocycles. The lowest BCUT2D eigenvalue weighted by Gasteiger charge is -2.27. The van der Waals surface area contributed by atoms with Crippen molar-refractivity contribution in [3.05, 3.63) is 0 Å². The minimum absolute atomic E-state index is 0.484. The van der Waals surface area contributed by atoms with Gasteiger partial charge in [-0.05, 0) is 12.8 Å². The number of carboxylic acid groups (broad SMARTS) is 1. The van der Waals surface area contributed by atoms with Crippen LogP contribution in [0, 0.1) is 11.8 Å². The second-order valence-corrected chi connectivity index (χ2v) is 3.94. The summed E-state index contributed by atoms with van der Waals surface area (Å²) in [6.07, 6.45) is 1.85. The molecular weight excluding hydrogens is 228 g/mol. The third kappa shape index (κ3) is 3.61. The van der Waals surface area contributed by atoms with Gasteiger partial charge < -0.3 is 9.84 Å². The normalized spacial score (nSPS) is 23.6. The molecule has 1 aliphatic carbocycles. The molecule has 1 rings (SSSR count). The van der Waals surface area contributed by atoms with E-state index >= 15 is 0 Å². The number of carbonyl (C=O) groups is 3. The van der Waals surface area contributed by atoms with Crippen LogP contribution in [0.2, 0.25) is 0 Å². The van der Waals surface area contributed by atoms with E-state index in [1.54, 1.807) is 0 Å². The summed E-state index contributed by atoms with van der Waals surface area (Å²) in [4.78, 5) is 33.4. The molecule has 0 saturated heterocycles. The number of hydrogen-bond acceptors (Lipinski definition) is 4. The van der Waals surface area contributed by atoms with E-state index < -0.39 is 29.8 Å². The molecule has 0 aromatic heterocycles. The zero-order chi connectivity index (χ0) is 12.8. The first-order valence-corrected chi connectivity index (χ1v) is 5.43. The maximum Gasteiger partial charge on any atom is 0.425 e. The van der Waals surface area contributed by atoms with Gasteiger partial charge in [0.25, 0.3) is 0 Å². The number of aliphatic carboxylic acids is 1. The van der Waals surface area contributed by atoms with Gasteiger partial charge in [-0.3, -0.25) is 15.0 Å². The number of nitrogens with one attached hydrogen (secondary N) is 2. The Morgan fingerprint density at radius 1 is 1.12 bits per heavy atom. The van der Waals surface area contributed by atoms with Crippen molar-refractivity contribution in [1.82, 2.24) is 10.9 Å². The average molecular weight is 244 g/mol. The van der Waals surface area contributed by atoms with Crippen LogP contribution in [0.4, 0.5) is 4.79 Å². The number of ether oxygens (including phenoxy) is 1. The molecule has 1 aliphatic rings. The lowest BCUT2D eigenvalue weighted by atomic mass is 9.79. The van der Waals surface area contributed by atoms with Crippen molar-refractivity contribution in [2.24, 2.45) is 11.8 Å². The molecule has 0 bridgehead atoms. The van der Waals surface area contributed by atoms with Crippen LogP contribution in [0.1, 0.15) is 25.7 Å². The number of carboxylic acids is 1. The van der Waals surface area contributed by atoms with E-state index in [1.807, 2.05) is 5.43 Å². The van der Waals surface area contributed by atoms with Crippen molar-refractivity contribution in [3.63, 3.8) is 0 Å². The highest BCUT2D eigenvalue weighted by Gasteiger charge is 2.35. The maximum atomic E-state index is 11.7. The summed E-state index contributed by atoms with van der Waals surface area (Å²) >= 11 is 0. The zero-order valence-electron chi connectivity index (χ0n) is 9.56. The summed E-state index contributed by atoms with van der Waals surface area (Å²) in [6.45, 7) is 0. The highest BCUT2D eigenvalue weighted by atomic mass is 16.5. The fourth-order valence-electron chi connectivity index (χ4n) is 2.00.